The van der Waals surface area contributed by atoms with Crippen molar-refractivity contribution in [2.24, 2.45) is 0 Å². The van der Waals surface area contributed by atoms with Gasteiger partial charge >= 0.3 is 0 Å². The Bertz CT molecular complexity index is 433. The van der Waals surface area contributed by atoms with Gasteiger partial charge in [-0.2, -0.15) is 0 Å². The number of anilines is 2. The number of carbonyl (C=O) groups excluding carboxylic acids is 1. The second kappa shape index (κ2) is 7.11. The number of carbonyl (C=O) groups is 1. The van der Waals surface area contributed by atoms with E-state index in [4.69, 9.17) is 5.73 Å². The molecule has 5 heteroatoms. The number of nitrogens with one attached hydrogen (secondary N) is 1. The van der Waals surface area contributed by atoms with Crippen LogP contribution in [0.3, 0.4) is 0 Å². The number of hydrogen-bond donors (Lipinski definition) is 3. The number of rotatable bonds is 6. The van der Waals surface area contributed by atoms with Gasteiger partial charge in [-0.1, -0.05) is 0 Å². The van der Waals surface area contributed by atoms with E-state index in [1.807, 2.05) is 24.9 Å². The van der Waals surface area contributed by atoms with Crippen molar-refractivity contribution in [1.29, 1.82) is 0 Å². The van der Waals surface area contributed by atoms with E-state index in [1.54, 1.807) is 19.1 Å². The van der Waals surface area contributed by atoms with Gasteiger partial charge in [0.05, 0.1) is 12.6 Å². The number of likely N-dealkylation sites (N-methyl/N-ethyl adjacent to an activating group) is 1. The number of nitrogen functional groups attached to an aromatic ring is 1. The minimum Gasteiger partial charge on any atom is -0.399 e. The molecular weight excluding hydrogens is 242 g/mol. The molecule has 0 aliphatic carbocycles. The Labute approximate surface area is 114 Å². The van der Waals surface area contributed by atoms with E-state index in [-0.39, 0.29) is 12.0 Å². The lowest BCUT2D eigenvalue weighted by molar-refractivity contribution is -0.117. The largest absolute Gasteiger partial charge is 0.399 e. The molecule has 0 saturated carbocycles. The van der Waals surface area contributed by atoms with Crippen molar-refractivity contribution >= 4 is 17.3 Å². The number of hydrogen-bond acceptors (Lipinski definition) is 4. The molecule has 0 heterocycles. The molecule has 0 aliphatic rings. The first-order valence-corrected chi connectivity index (χ1v) is 6.41. The average molecular weight is 265 g/mol. The minimum atomic E-state index is -0.343. The monoisotopic (exact) mass is 265 g/mol. The summed E-state index contributed by atoms with van der Waals surface area (Å²) in [5, 5.41) is 12.1. The van der Waals surface area contributed by atoms with Crippen LogP contribution in [-0.4, -0.2) is 42.2 Å². The van der Waals surface area contributed by atoms with Crippen LogP contribution in [0.4, 0.5) is 11.4 Å². The zero-order valence-corrected chi connectivity index (χ0v) is 11.8. The van der Waals surface area contributed by atoms with Gasteiger partial charge in [-0.05, 0) is 51.1 Å². The number of nitrogens with zero attached hydrogens (tertiary/aromatic N) is 1. The lowest BCUT2D eigenvalue weighted by atomic mass is 10.2. The lowest BCUT2D eigenvalue weighted by Gasteiger charge is -2.17. The molecular formula is C14H23N3O2. The molecule has 0 radical (unpaired) electrons. The summed E-state index contributed by atoms with van der Waals surface area (Å²) < 4.78 is 0. The first-order valence-electron chi connectivity index (χ1n) is 6.41. The van der Waals surface area contributed by atoms with Gasteiger partial charge in [0.2, 0.25) is 5.91 Å². The molecule has 1 rings (SSSR count). The number of amides is 1. The Morgan fingerprint density at radius 2 is 2.21 bits per heavy atom. The molecule has 19 heavy (non-hydrogen) atoms. The zero-order valence-electron chi connectivity index (χ0n) is 11.8. The Hall–Kier alpha value is -1.59. The fraction of sp³-hybridized carbons (Fsp3) is 0.500. The van der Waals surface area contributed by atoms with Gasteiger partial charge in [-0.3, -0.25) is 9.69 Å². The fourth-order valence-electron chi connectivity index (χ4n) is 1.75. The SMILES string of the molecule is Cc1cc(N)ccc1NC(=O)CN(C)CCC(C)O. The van der Waals surface area contributed by atoms with E-state index in [9.17, 15) is 9.90 Å². The first-order chi connectivity index (χ1) is 8.88. The van der Waals surface area contributed by atoms with Gasteiger partial charge < -0.3 is 16.2 Å². The van der Waals surface area contributed by atoms with Crippen LogP contribution in [0, 0.1) is 6.92 Å². The maximum absolute atomic E-state index is 11.9. The van der Waals surface area contributed by atoms with Crippen molar-refractivity contribution in [2.45, 2.75) is 26.4 Å². The summed E-state index contributed by atoms with van der Waals surface area (Å²) in [4.78, 5) is 13.7. The Morgan fingerprint density at radius 1 is 1.53 bits per heavy atom. The van der Waals surface area contributed by atoms with Crippen molar-refractivity contribution in [3.8, 4) is 0 Å². The molecule has 1 amide bonds. The molecule has 0 bridgehead atoms. The Morgan fingerprint density at radius 3 is 2.79 bits per heavy atom. The normalized spacial score (nSPS) is 12.5. The summed E-state index contributed by atoms with van der Waals surface area (Å²) in [6.45, 7) is 4.64. The smallest absolute Gasteiger partial charge is 0.238 e. The predicted molar refractivity (Wildman–Crippen MR) is 78.0 cm³/mol. The van der Waals surface area contributed by atoms with E-state index in [0.717, 1.165) is 11.3 Å². The molecule has 5 nitrogen and oxygen atoms in total. The number of nitrogens with two attached hydrogens (primary N) is 1. The van der Waals surface area contributed by atoms with Crippen molar-refractivity contribution < 1.29 is 9.90 Å². The first kappa shape index (κ1) is 15.5. The summed E-state index contributed by atoms with van der Waals surface area (Å²) in [6, 6.07) is 5.39. The summed E-state index contributed by atoms with van der Waals surface area (Å²) in [7, 11) is 1.86. The molecule has 4 N–H and O–H groups in total. The van der Waals surface area contributed by atoms with Gasteiger partial charge in [0.15, 0.2) is 0 Å². The molecule has 0 aromatic heterocycles. The van der Waals surface area contributed by atoms with E-state index in [2.05, 4.69) is 5.32 Å². The van der Waals surface area contributed by atoms with Crippen LogP contribution in [0.5, 0.6) is 0 Å². The maximum Gasteiger partial charge on any atom is 0.238 e. The topological polar surface area (TPSA) is 78.6 Å². The lowest BCUT2D eigenvalue weighted by Crippen LogP contribution is -2.32. The van der Waals surface area contributed by atoms with Crippen LogP contribution in [0.25, 0.3) is 0 Å². The zero-order chi connectivity index (χ0) is 14.4. The number of benzene rings is 1. The van der Waals surface area contributed by atoms with Crippen LogP contribution in [0.2, 0.25) is 0 Å². The van der Waals surface area contributed by atoms with Gasteiger partial charge in [0, 0.05) is 17.9 Å². The molecule has 0 spiro atoms. The summed E-state index contributed by atoms with van der Waals surface area (Å²) in [5.74, 6) is -0.0686. The van der Waals surface area contributed by atoms with Gasteiger partial charge in [0.25, 0.3) is 0 Å². The van der Waals surface area contributed by atoms with E-state index in [0.29, 0.717) is 25.2 Å². The maximum atomic E-state index is 11.9. The van der Waals surface area contributed by atoms with Gasteiger partial charge in [0.1, 0.15) is 0 Å². The van der Waals surface area contributed by atoms with Crippen LogP contribution in [0.1, 0.15) is 18.9 Å². The van der Waals surface area contributed by atoms with E-state index < -0.39 is 0 Å². The van der Waals surface area contributed by atoms with Crippen molar-refractivity contribution in [2.75, 3.05) is 31.2 Å². The second-order valence-corrected chi connectivity index (χ2v) is 5.00. The number of aryl methyl sites for hydroxylation is 1. The molecule has 1 aromatic carbocycles. The minimum absolute atomic E-state index is 0.0686. The fourth-order valence-corrected chi connectivity index (χ4v) is 1.75. The van der Waals surface area contributed by atoms with Crippen LogP contribution in [0.15, 0.2) is 18.2 Å². The summed E-state index contributed by atoms with van der Waals surface area (Å²) in [6.07, 6.45) is 0.315. The Balaban J connectivity index is 2.46. The average Bonchev–Trinajstić information content (AvgIpc) is 2.30. The third-order valence-corrected chi connectivity index (χ3v) is 2.87. The van der Waals surface area contributed by atoms with Crippen molar-refractivity contribution in [3.05, 3.63) is 23.8 Å². The number of aliphatic hydroxyl groups is 1. The highest BCUT2D eigenvalue weighted by Crippen LogP contribution is 2.17. The van der Waals surface area contributed by atoms with Crippen LogP contribution >= 0.6 is 0 Å². The van der Waals surface area contributed by atoms with Crippen molar-refractivity contribution in [3.63, 3.8) is 0 Å². The molecule has 1 aromatic rings. The van der Waals surface area contributed by atoms with E-state index in [1.165, 1.54) is 0 Å². The Kier molecular flexibility index (Phi) is 5.79. The molecule has 0 fully saturated rings. The third-order valence-electron chi connectivity index (χ3n) is 2.87. The predicted octanol–water partition coefficient (Wildman–Crippen LogP) is 1.22. The quantitative estimate of drug-likeness (QED) is 0.676. The highest BCUT2D eigenvalue weighted by atomic mass is 16.3. The molecule has 106 valence electrons. The highest BCUT2D eigenvalue weighted by molar-refractivity contribution is 5.93. The van der Waals surface area contributed by atoms with Crippen molar-refractivity contribution in [1.82, 2.24) is 4.90 Å². The van der Waals surface area contributed by atoms with E-state index >= 15 is 0 Å². The highest BCUT2D eigenvalue weighted by Gasteiger charge is 2.09. The standard InChI is InChI=1S/C14H23N3O2/c1-10-8-12(15)4-5-13(10)16-14(19)9-17(3)7-6-11(2)18/h4-5,8,11,18H,6-7,9,15H2,1-3H3,(H,16,19). The summed E-state index contributed by atoms with van der Waals surface area (Å²) in [5.41, 5.74) is 8.07. The molecule has 0 aliphatic heterocycles. The van der Waals surface area contributed by atoms with Crippen LogP contribution in [-0.2, 0) is 4.79 Å². The second-order valence-electron chi connectivity index (χ2n) is 5.00. The van der Waals surface area contributed by atoms with Gasteiger partial charge in [-0.15, -0.1) is 0 Å². The third kappa shape index (κ3) is 5.72. The number of aliphatic hydroxyl groups excluding tert-OH is 1. The molecule has 1 unspecified atom stereocenters. The van der Waals surface area contributed by atoms with Gasteiger partial charge in [-0.25, -0.2) is 0 Å². The summed E-state index contributed by atoms with van der Waals surface area (Å²) >= 11 is 0. The molecule has 0 saturated heterocycles. The molecule has 1 atom stereocenters. The van der Waals surface area contributed by atoms with Crippen LogP contribution < -0.4 is 11.1 Å².